The molecule has 0 spiro atoms. The van der Waals surface area contributed by atoms with Gasteiger partial charge in [0.15, 0.2) is 6.73 Å². The number of hydrogen-bond acceptors (Lipinski definition) is 2. The van der Waals surface area contributed by atoms with Gasteiger partial charge in [-0.2, -0.15) is 0 Å². The predicted molar refractivity (Wildman–Crippen MR) is 111 cm³/mol. The van der Waals surface area contributed by atoms with Crippen molar-refractivity contribution in [3.8, 4) is 16.9 Å². The highest BCUT2D eigenvalue weighted by molar-refractivity contribution is 9.10. The lowest BCUT2D eigenvalue weighted by molar-refractivity contribution is 0.324. The third-order valence-corrected chi connectivity index (χ3v) is 5.47. The fourth-order valence-corrected chi connectivity index (χ4v) is 4.16. The highest BCUT2D eigenvalue weighted by Crippen LogP contribution is 2.43. The fraction of sp³-hybridized carbons (Fsp3) is 0.0435. The molecule has 0 aliphatic carbocycles. The maximum atomic E-state index is 6.04. The Morgan fingerprint density at radius 3 is 2.35 bits per heavy atom. The largest absolute Gasteiger partial charge is 0.472 e. The van der Waals surface area contributed by atoms with Crippen LogP contribution in [-0.2, 0) is 0 Å². The Balaban J connectivity index is 1.62. The van der Waals surface area contributed by atoms with E-state index in [1.807, 2.05) is 18.2 Å². The topological polar surface area (TPSA) is 12.5 Å². The molecular formula is C23H16BrNO. The number of ether oxygens (including phenoxy) is 1. The lowest BCUT2D eigenvalue weighted by Gasteiger charge is -2.32. The summed E-state index contributed by atoms with van der Waals surface area (Å²) in [4.78, 5) is 2.22. The summed E-state index contributed by atoms with van der Waals surface area (Å²) in [7, 11) is 0. The van der Waals surface area contributed by atoms with Crippen molar-refractivity contribution in [1.29, 1.82) is 0 Å². The highest BCUT2D eigenvalue weighted by Gasteiger charge is 2.22. The molecule has 0 atom stereocenters. The van der Waals surface area contributed by atoms with Crippen molar-refractivity contribution < 1.29 is 4.74 Å². The summed E-state index contributed by atoms with van der Waals surface area (Å²) in [5.74, 6) is 0.950. The van der Waals surface area contributed by atoms with Gasteiger partial charge in [0.2, 0.25) is 0 Å². The Hall–Kier alpha value is -2.78. The van der Waals surface area contributed by atoms with Gasteiger partial charge in [0.05, 0.1) is 11.4 Å². The molecule has 0 radical (unpaired) electrons. The van der Waals surface area contributed by atoms with Crippen molar-refractivity contribution in [3.63, 3.8) is 0 Å². The molecule has 0 saturated carbocycles. The van der Waals surface area contributed by atoms with Crippen molar-refractivity contribution in [2.24, 2.45) is 0 Å². The lowest BCUT2D eigenvalue weighted by atomic mass is 10.0. The van der Waals surface area contributed by atoms with Crippen LogP contribution in [0.4, 0.5) is 11.4 Å². The van der Waals surface area contributed by atoms with Crippen LogP contribution < -0.4 is 9.64 Å². The van der Waals surface area contributed by atoms with Crippen molar-refractivity contribution in [2.75, 3.05) is 11.6 Å². The molecule has 0 amide bonds. The average molecular weight is 402 g/mol. The molecule has 5 rings (SSSR count). The number of rotatable bonds is 2. The van der Waals surface area contributed by atoms with Crippen LogP contribution in [0.3, 0.4) is 0 Å². The second kappa shape index (κ2) is 6.19. The molecule has 0 saturated heterocycles. The van der Waals surface area contributed by atoms with E-state index < -0.39 is 0 Å². The lowest BCUT2D eigenvalue weighted by Crippen LogP contribution is -2.26. The Kier molecular flexibility index (Phi) is 3.68. The van der Waals surface area contributed by atoms with Crippen LogP contribution in [0.25, 0.3) is 21.9 Å². The van der Waals surface area contributed by atoms with Crippen molar-refractivity contribution in [2.45, 2.75) is 0 Å². The quantitative estimate of drug-likeness (QED) is 0.367. The molecule has 0 aromatic heterocycles. The minimum atomic E-state index is 0.499. The molecule has 126 valence electrons. The van der Waals surface area contributed by atoms with Gasteiger partial charge in [-0.3, -0.25) is 0 Å². The Morgan fingerprint density at radius 1 is 0.731 bits per heavy atom. The van der Waals surface area contributed by atoms with Crippen LogP contribution in [0.5, 0.6) is 5.75 Å². The molecule has 1 heterocycles. The van der Waals surface area contributed by atoms with Crippen LogP contribution in [0.1, 0.15) is 0 Å². The highest BCUT2D eigenvalue weighted by atomic mass is 79.9. The van der Waals surface area contributed by atoms with Gasteiger partial charge in [-0.25, -0.2) is 0 Å². The zero-order valence-corrected chi connectivity index (χ0v) is 15.6. The van der Waals surface area contributed by atoms with Crippen LogP contribution in [0.2, 0.25) is 0 Å². The molecular weight excluding hydrogens is 386 g/mol. The summed E-state index contributed by atoms with van der Waals surface area (Å²) in [5.41, 5.74) is 4.68. The molecule has 1 aliphatic heterocycles. The van der Waals surface area contributed by atoms with E-state index in [2.05, 4.69) is 87.6 Å². The standard InChI is InChI=1S/C23H16BrNO/c24-19-14-18(16-6-2-1-3-7-16)12-13-20(19)25-15-26-22-11-5-9-17-8-4-10-21(25)23(17)22/h1-14H,15H2. The number of nitrogens with zero attached hydrogens (tertiary/aromatic N) is 1. The first kappa shape index (κ1) is 15.5. The van der Waals surface area contributed by atoms with Crippen molar-refractivity contribution in [1.82, 2.24) is 0 Å². The second-order valence-corrected chi connectivity index (χ2v) is 7.22. The van der Waals surface area contributed by atoms with Crippen LogP contribution >= 0.6 is 15.9 Å². The summed E-state index contributed by atoms with van der Waals surface area (Å²) in [5, 5.41) is 2.36. The van der Waals surface area contributed by atoms with Gasteiger partial charge in [0, 0.05) is 9.86 Å². The third kappa shape index (κ3) is 2.47. The first-order valence-corrected chi connectivity index (χ1v) is 9.37. The summed E-state index contributed by atoms with van der Waals surface area (Å²) >= 11 is 3.77. The zero-order valence-electron chi connectivity index (χ0n) is 14.0. The number of anilines is 2. The van der Waals surface area contributed by atoms with Crippen LogP contribution in [0.15, 0.2) is 89.4 Å². The predicted octanol–water partition coefficient (Wildman–Crippen LogP) is 6.76. The van der Waals surface area contributed by atoms with E-state index in [1.54, 1.807) is 0 Å². The first-order chi connectivity index (χ1) is 12.8. The minimum Gasteiger partial charge on any atom is -0.472 e. The molecule has 2 nitrogen and oxygen atoms in total. The monoisotopic (exact) mass is 401 g/mol. The summed E-state index contributed by atoms with van der Waals surface area (Å²) in [6.45, 7) is 0.499. The Morgan fingerprint density at radius 2 is 1.54 bits per heavy atom. The summed E-state index contributed by atoms with van der Waals surface area (Å²) < 4.78 is 7.09. The molecule has 1 aliphatic rings. The molecule has 4 aromatic carbocycles. The molecule has 26 heavy (non-hydrogen) atoms. The summed E-state index contributed by atoms with van der Waals surface area (Å²) in [6.07, 6.45) is 0. The Bertz CT molecular complexity index is 1100. The number of hydrogen-bond donors (Lipinski definition) is 0. The average Bonchev–Trinajstić information content (AvgIpc) is 2.70. The van der Waals surface area contributed by atoms with Crippen molar-refractivity contribution >= 4 is 38.1 Å². The molecule has 0 unspecified atom stereocenters. The normalized spacial score (nSPS) is 12.9. The van der Waals surface area contributed by atoms with Crippen LogP contribution in [-0.4, -0.2) is 6.73 Å². The Labute approximate surface area is 160 Å². The van der Waals surface area contributed by atoms with Gasteiger partial charge in [-0.15, -0.1) is 0 Å². The molecule has 0 N–H and O–H groups in total. The number of halogens is 1. The SMILES string of the molecule is Brc1cc(-c2ccccc2)ccc1N1COc2cccc3cccc1c23. The second-order valence-electron chi connectivity index (χ2n) is 6.37. The minimum absolute atomic E-state index is 0.499. The first-order valence-electron chi connectivity index (χ1n) is 8.58. The molecule has 0 fully saturated rings. The van der Waals surface area contributed by atoms with Gasteiger partial charge in [-0.05, 0) is 56.7 Å². The van der Waals surface area contributed by atoms with Gasteiger partial charge in [-0.1, -0.05) is 60.7 Å². The van der Waals surface area contributed by atoms with Crippen LogP contribution in [0, 0.1) is 0 Å². The van der Waals surface area contributed by atoms with E-state index in [0.717, 1.165) is 15.9 Å². The van der Waals surface area contributed by atoms with Gasteiger partial charge >= 0.3 is 0 Å². The van der Waals surface area contributed by atoms with E-state index in [1.165, 1.54) is 27.6 Å². The van der Waals surface area contributed by atoms with E-state index in [4.69, 9.17) is 4.74 Å². The van der Waals surface area contributed by atoms with Gasteiger partial charge in [0.1, 0.15) is 5.75 Å². The molecule has 0 bridgehead atoms. The zero-order chi connectivity index (χ0) is 17.5. The smallest absolute Gasteiger partial charge is 0.165 e. The molecule has 4 aromatic rings. The van der Waals surface area contributed by atoms with E-state index >= 15 is 0 Å². The fourth-order valence-electron chi connectivity index (χ4n) is 3.57. The number of benzene rings is 4. The third-order valence-electron chi connectivity index (χ3n) is 4.83. The van der Waals surface area contributed by atoms with E-state index in [-0.39, 0.29) is 0 Å². The maximum Gasteiger partial charge on any atom is 0.165 e. The maximum absolute atomic E-state index is 6.04. The van der Waals surface area contributed by atoms with E-state index in [9.17, 15) is 0 Å². The summed E-state index contributed by atoms with van der Waals surface area (Å²) in [6, 6.07) is 29.5. The molecule has 3 heteroatoms. The van der Waals surface area contributed by atoms with Crippen molar-refractivity contribution in [3.05, 3.63) is 89.4 Å². The van der Waals surface area contributed by atoms with Gasteiger partial charge < -0.3 is 9.64 Å². The van der Waals surface area contributed by atoms with E-state index in [0.29, 0.717) is 6.73 Å². The van der Waals surface area contributed by atoms with Gasteiger partial charge in [0.25, 0.3) is 0 Å².